The highest BCUT2D eigenvalue weighted by Crippen LogP contribution is 2.12. The minimum absolute atomic E-state index is 0. The maximum Gasteiger partial charge on any atom is 0.409 e. The molecule has 0 radical (unpaired) electrons. The summed E-state index contributed by atoms with van der Waals surface area (Å²) >= 11 is 1.67. The van der Waals surface area contributed by atoms with Crippen LogP contribution in [-0.4, -0.2) is 42.7 Å². The molecule has 0 aliphatic carbocycles. The Morgan fingerprint density at radius 1 is 1.55 bits per heavy atom. The van der Waals surface area contributed by atoms with Gasteiger partial charge >= 0.3 is 6.09 Å². The molecule has 3 N–H and O–H groups in total. The highest BCUT2D eigenvalue weighted by Gasteiger charge is 2.23. The number of guanidine groups is 1. The number of amides is 1. The molecular weight excluding hydrogens is 415 g/mol. The Bertz CT molecular complexity index is 473. The molecule has 0 aromatic carbocycles. The van der Waals surface area contributed by atoms with E-state index in [2.05, 4.69) is 10.3 Å². The van der Waals surface area contributed by atoms with E-state index in [0.29, 0.717) is 32.2 Å². The van der Waals surface area contributed by atoms with Crippen molar-refractivity contribution in [3.63, 3.8) is 0 Å². The molecule has 0 atom stereocenters. The van der Waals surface area contributed by atoms with Crippen LogP contribution in [0.5, 0.6) is 0 Å². The first kappa shape index (κ1) is 19.0. The van der Waals surface area contributed by atoms with E-state index in [1.165, 1.54) is 4.88 Å². The van der Waals surface area contributed by atoms with Crippen LogP contribution in [0.15, 0.2) is 22.5 Å². The highest BCUT2D eigenvalue weighted by molar-refractivity contribution is 14.0. The number of nitrogens with two attached hydrogens (primary N) is 1. The van der Waals surface area contributed by atoms with Gasteiger partial charge in [-0.25, -0.2) is 9.79 Å². The van der Waals surface area contributed by atoms with Gasteiger partial charge in [0.05, 0.1) is 13.2 Å². The number of aliphatic imine (C=N–C) groups is 1. The standard InChI is InChI=1S/C14H22N4O2S.HI/c1-2-20-14(19)18-7-5-11(6-8-18)17-13(15)16-10-12-4-3-9-21-12;/h3-4,9,11H,2,5-8,10H2,1H3,(H3,15,16,17);1H. The fraction of sp³-hybridized carbons (Fsp3) is 0.571. The van der Waals surface area contributed by atoms with E-state index in [4.69, 9.17) is 10.5 Å². The number of halogens is 1. The van der Waals surface area contributed by atoms with Crippen LogP contribution in [0.25, 0.3) is 0 Å². The van der Waals surface area contributed by atoms with Gasteiger partial charge in [0.1, 0.15) is 0 Å². The summed E-state index contributed by atoms with van der Waals surface area (Å²) in [5.74, 6) is 0.470. The molecule has 1 saturated heterocycles. The first-order valence-electron chi connectivity index (χ1n) is 7.19. The molecule has 0 saturated carbocycles. The first-order chi connectivity index (χ1) is 10.2. The zero-order valence-electron chi connectivity index (χ0n) is 12.7. The van der Waals surface area contributed by atoms with Crippen molar-refractivity contribution in [3.8, 4) is 0 Å². The van der Waals surface area contributed by atoms with Crippen molar-refractivity contribution in [3.05, 3.63) is 22.4 Å². The third kappa shape index (κ3) is 5.99. The quantitative estimate of drug-likeness (QED) is 0.430. The van der Waals surface area contributed by atoms with E-state index >= 15 is 0 Å². The molecule has 124 valence electrons. The topological polar surface area (TPSA) is 80.0 Å². The molecule has 1 aliphatic rings. The van der Waals surface area contributed by atoms with Crippen molar-refractivity contribution in [1.29, 1.82) is 0 Å². The Balaban J connectivity index is 0.00000242. The number of hydrogen-bond acceptors (Lipinski definition) is 4. The Hall–Kier alpha value is -1.03. The largest absolute Gasteiger partial charge is 0.450 e. The Labute approximate surface area is 152 Å². The van der Waals surface area contributed by atoms with E-state index in [1.54, 1.807) is 16.2 Å². The van der Waals surface area contributed by atoms with Gasteiger partial charge < -0.3 is 20.7 Å². The zero-order valence-corrected chi connectivity index (χ0v) is 15.8. The van der Waals surface area contributed by atoms with Crippen LogP contribution in [0, 0.1) is 0 Å². The third-order valence-electron chi connectivity index (χ3n) is 3.36. The molecule has 1 fully saturated rings. The van der Waals surface area contributed by atoms with Crippen molar-refractivity contribution in [2.45, 2.75) is 32.4 Å². The molecule has 1 aromatic heterocycles. The number of nitrogens with one attached hydrogen (secondary N) is 1. The van der Waals surface area contributed by atoms with E-state index in [-0.39, 0.29) is 36.1 Å². The Morgan fingerprint density at radius 2 is 2.27 bits per heavy atom. The van der Waals surface area contributed by atoms with Gasteiger partial charge in [-0.1, -0.05) is 6.07 Å². The van der Waals surface area contributed by atoms with Crippen LogP contribution in [0.3, 0.4) is 0 Å². The zero-order chi connectivity index (χ0) is 15.1. The van der Waals surface area contributed by atoms with Crippen LogP contribution in [0.2, 0.25) is 0 Å². The SMILES string of the molecule is CCOC(=O)N1CCC(NC(N)=NCc2cccs2)CC1.I. The summed E-state index contributed by atoms with van der Waals surface area (Å²) in [5.41, 5.74) is 5.90. The summed E-state index contributed by atoms with van der Waals surface area (Å²) in [6, 6.07) is 4.31. The molecular formula is C14H23IN4O2S. The van der Waals surface area contributed by atoms with Gasteiger partial charge in [-0.3, -0.25) is 0 Å². The van der Waals surface area contributed by atoms with Gasteiger partial charge in [0, 0.05) is 24.0 Å². The fourth-order valence-electron chi connectivity index (χ4n) is 2.24. The van der Waals surface area contributed by atoms with E-state index < -0.39 is 0 Å². The number of rotatable bonds is 4. The van der Waals surface area contributed by atoms with Crippen LogP contribution >= 0.6 is 35.3 Å². The minimum Gasteiger partial charge on any atom is -0.450 e. The second-order valence-electron chi connectivity index (χ2n) is 4.89. The van der Waals surface area contributed by atoms with E-state index in [9.17, 15) is 4.79 Å². The lowest BCUT2D eigenvalue weighted by molar-refractivity contribution is 0.0963. The molecule has 1 aliphatic heterocycles. The molecule has 0 unspecified atom stereocenters. The summed E-state index contributed by atoms with van der Waals surface area (Å²) in [6.45, 7) is 4.22. The molecule has 0 spiro atoms. The number of hydrogen-bond donors (Lipinski definition) is 2. The van der Waals surface area contributed by atoms with Crippen molar-refractivity contribution < 1.29 is 9.53 Å². The number of carbonyl (C=O) groups is 1. The molecule has 1 amide bonds. The number of carbonyl (C=O) groups excluding carboxylic acids is 1. The summed E-state index contributed by atoms with van der Waals surface area (Å²) in [4.78, 5) is 18.9. The van der Waals surface area contributed by atoms with Gasteiger partial charge in [-0.2, -0.15) is 0 Å². The van der Waals surface area contributed by atoms with Gasteiger partial charge in [0.15, 0.2) is 5.96 Å². The van der Waals surface area contributed by atoms with Gasteiger partial charge in [0.25, 0.3) is 0 Å². The molecule has 8 heteroatoms. The predicted octanol–water partition coefficient (Wildman–Crippen LogP) is 2.39. The van der Waals surface area contributed by atoms with Crippen LogP contribution in [-0.2, 0) is 11.3 Å². The molecule has 2 rings (SSSR count). The average Bonchev–Trinajstić information content (AvgIpc) is 2.99. The van der Waals surface area contributed by atoms with Gasteiger partial charge in [-0.15, -0.1) is 35.3 Å². The lowest BCUT2D eigenvalue weighted by Crippen LogP contribution is -2.48. The second-order valence-corrected chi connectivity index (χ2v) is 5.92. The number of piperidine rings is 1. The lowest BCUT2D eigenvalue weighted by Gasteiger charge is -2.31. The monoisotopic (exact) mass is 438 g/mol. The normalized spacial score (nSPS) is 16.0. The number of ether oxygens (including phenoxy) is 1. The Morgan fingerprint density at radius 3 is 2.86 bits per heavy atom. The van der Waals surface area contributed by atoms with Gasteiger partial charge in [0.2, 0.25) is 0 Å². The molecule has 0 bridgehead atoms. The maximum absolute atomic E-state index is 11.6. The lowest BCUT2D eigenvalue weighted by atomic mass is 10.1. The van der Waals surface area contributed by atoms with Crippen molar-refractivity contribution in [2.75, 3.05) is 19.7 Å². The first-order valence-corrected chi connectivity index (χ1v) is 8.07. The number of likely N-dealkylation sites (tertiary alicyclic amines) is 1. The molecule has 22 heavy (non-hydrogen) atoms. The summed E-state index contributed by atoms with van der Waals surface area (Å²) < 4.78 is 5.00. The van der Waals surface area contributed by atoms with Crippen LogP contribution in [0.1, 0.15) is 24.6 Å². The Kier molecular flexibility index (Phi) is 8.54. The fourth-order valence-corrected chi connectivity index (χ4v) is 2.87. The highest BCUT2D eigenvalue weighted by atomic mass is 127. The second kappa shape index (κ2) is 9.88. The summed E-state index contributed by atoms with van der Waals surface area (Å²) in [5, 5.41) is 5.25. The number of nitrogens with zero attached hydrogens (tertiary/aromatic N) is 2. The minimum atomic E-state index is -0.227. The van der Waals surface area contributed by atoms with Crippen LogP contribution < -0.4 is 11.1 Å². The molecule has 6 nitrogen and oxygen atoms in total. The van der Waals surface area contributed by atoms with Gasteiger partial charge in [-0.05, 0) is 31.2 Å². The number of thiophene rings is 1. The van der Waals surface area contributed by atoms with Crippen molar-refractivity contribution in [2.24, 2.45) is 10.7 Å². The average molecular weight is 438 g/mol. The maximum atomic E-state index is 11.6. The molecule has 2 heterocycles. The van der Waals surface area contributed by atoms with E-state index in [0.717, 1.165) is 12.8 Å². The summed E-state index contributed by atoms with van der Waals surface area (Å²) in [6.07, 6.45) is 1.48. The van der Waals surface area contributed by atoms with E-state index in [1.807, 2.05) is 24.4 Å². The third-order valence-corrected chi connectivity index (χ3v) is 4.22. The van der Waals surface area contributed by atoms with Crippen LogP contribution in [0.4, 0.5) is 4.79 Å². The summed E-state index contributed by atoms with van der Waals surface area (Å²) in [7, 11) is 0. The van der Waals surface area contributed by atoms with Crippen molar-refractivity contribution >= 4 is 47.4 Å². The molecule has 1 aromatic rings. The smallest absolute Gasteiger partial charge is 0.409 e. The predicted molar refractivity (Wildman–Crippen MR) is 99.8 cm³/mol. The van der Waals surface area contributed by atoms with Crippen molar-refractivity contribution in [1.82, 2.24) is 10.2 Å².